The molecule has 0 bridgehead atoms. The zero-order valence-electron chi connectivity index (χ0n) is 13.6. The van der Waals surface area contributed by atoms with Crippen LogP contribution in [0.4, 0.5) is 4.79 Å². The molecule has 1 aromatic heterocycles. The Morgan fingerprint density at radius 3 is 2.68 bits per heavy atom. The maximum Gasteiger partial charge on any atom is 0.314 e. The van der Waals surface area contributed by atoms with Gasteiger partial charge in [-0.2, -0.15) is 0 Å². The fraction of sp³-hybridized carbons (Fsp3) is 0.733. The first-order valence-electron chi connectivity index (χ1n) is 7.82. The van der Waals surface area contributed by atoms with Crippen LogP contribution >= 0.6 is 0 Å². The monoisotopic (exact) mass is 310 g/mol. The van der Waals surface area contributed by atoms with E-state index in [1.54, 1.807) is 0 Å². The largest absolute Gasteiger partial charge is 0.379 e. The van der Waals surface area contributed by atoms with Crippen molar-refractivity contribution in [1.29, 1.82) is 0 Å². The van der Waals surface area contributed by atoms with Crippen LogP contribution in [0, 0.1) is 13.8 Å². The van der Waals surface area contributed by atoms with Crippen LogP contribution in [0.5, 0.6) is 0 Å². The summed E-state index contributed by atoms with van der Waals surface area (Å²) in [5.41, 5.74) is 1.97. The number of urea groups is 1. The van der Waals surface area contributed by atoms with Gasteiger partial charge in [0.25, 0.3) is 0 Å². The van der Waals surface area contributed by atoms with Gasteiger partial charge in [-0.3, -0.25) is 4.90 Å². The van der Waals surface area contributed by atoms with E-state index in [1.165, 1.54) is 0 Å². The number of carbonyl (C=O) groups excluding carboxylic acids is 1. The highest BCUT2D eigenvalue weighted by Crippen LogP contribution is 2.22. The van der Waals surface area contributed by atoms with E-state index in [1.807, 2.05) is 13.8 Å². The number of nitrogens with one attached hydrogen (secondary N) is 2. The fourth-order valence-corrected chi connectivity index (χ4v) is 2.76. The van der Waals surface area contributed by atoms with Gasteiger partial charge in [0.05, 0.1) is 18.9 Å². The summed E-state index contributed by atoms with van der Waals surface area (Å²) in [7, 11) is 0. The van der Waals surface area contributed by atoms with E-state index in [-0.39, 0.29) is 11.9 Å². The van der Waals surface area contributed by atoms with E-state index < -0.39 is 0 Å². The Bertz CT molecular complexity index is 464. The molecule has 0 spiro atoms. The molecule has 1 saturated heterocycles. The Morgan fingerprint density at radius 1 is 1.32 bits per heavy atom. The Morgan fingerprint density at radius 2 is 2.05 bits per heavy atom. The standard InChI is InChI=1S/C15H26N4O3/c1-11(14-12(2)18-22-13(14)3)10-17-15(20)16-4-5-19-6-8-21-9-7-19/h11H,4-10H2,1-3H3,(H2,16,17,20). The van der Waals surface area contributed by atoms with Gasteiger partial charge in [0.2, 0.25) is 0 Å². The molecule has 1 fully saturated rings. The minimum atomic E-state index is -0.133. The van der Waals surface area contributed by atoms with Gasteiger partial charge in [-0.1, -0.05) is 12.1 Å². The highest BCUT2D eigenvalue weighted by atomic mass is 16.5. The normalized spacial score (nSPS) is 17.2. The van der Waals surface area contributed by atoms with E-state index in [2.05, 4.69) is 27.6 Å². The summed E-state index contributed by atoms with van der Waals surface area (Å²) < 4.78 is 10.5. The lowest BCUT2D eigenvalue weighted by Gasteiger charge is -2.26. The molecule has 124 valence electrons. The van der Waals surface area contributed by atoms with Crippen molar-refractivity contribution in [2.24, 2.45) is 0 Å². The number of nitrogens with zero attached hydrogens (tertiary/aromatic N) is 2. The van der Waals surface area contributed by atoms with E-state index in [9.17, 15) is 4.79 Å². The highest BCUT2D eigenvalue weighted by molar-refractivity contribution is 5.73. The van der Waals surface area contributed by atoms with Crippen LogP contribution in [0.15, 0.2) is 4.52 Å². The number of morpholine rings is 1. The lowest BCUT2D eigenvalue weighted by atomic mass is 10.00. The molecule has 7 nitrogen and oxygen atoms in total. The average molecular weight is 310 g/mol. The second kappa shape index (κ2) is 8.14. The molecule has 0 aliphatic carbocycles. The van der Waals surface area contributed by atoms with Crippen molar-refractivity contribution in [1.82, 2.24) is 20.7 Å². The third kappa shape index (κ3) is 4.71. The maximum atomic E-state index is 11.8. The van der Waals surface area contributed by atoms with Crippen LogP contribution in [0.2, 0.25) is 0 Å². The first kappa shape index (κ1) is 16.8. The van der Waals surface area contributed by atoms with E-state index in [0.29, 0.717) is 13.1 Å². The van der Waals surface area contributed by atoms with Crippen molar-refractivity contribution in [3.05, 3.63) is 17.0 Å². The third-order valence-corrected chi connectivity index (χ3v) is 3.97. The smallest absolute Gasteiger partial charge is 0.314 e. The molecule has 2 heterocycles. The fourth-order valence-electron chi connectivity index (χ4n) is 2.76. The number of hydrogen-bond donors (Lipinski definition) is 2. The second-order valence-corrected chi connectivity index (χ2v) is 5.73. The van der Waals surface area contributed by atoms with Crippen molar-refractivity contribution < 1.29 is 14.1 Å². The first-order chi connectivity index (χ1) is 10.6. The molecule has 1 unspecified atom stereocenters. The summed E-state index contributed by atoms with van der Waals surface area (Å²) in [6, 6.07) is -0.133. The number of aromatic nitrogens is 1. The van der Waals surface area contributed by atoms with Crippen molar-refractivity contribution in [3.8, 4) is 0 Å². The molecule has 22 heavy (non-hydrogen) atoms. The zero-order chi connectivity index (χ0) is 15.9. The number of ether oxygens (including phenoxy) is 1. The molecular formula is C15H26N4O3. The average Bonchev–Trinajstić information content (AvgIpc) is 2.85. The molecule has 1 aliphatic rings. The van der Waals surface area contributed by atoms with Gasteiger partial charge < -0.3 is 19.9 Å². The van der Waals surface area contributed by atoms with Crippen molar-refractivity contribution >= 4 is 6.03 Å². The van der Waals surface area contributed by atoms with Gasteiger partial charge in [-0.05, 0) is 13.8 Å². The van der Waals surface area contributed by atoms with E-state index >= 15 is 0 Å². The summed E-state index contributed by atoms with van der Waals surface area (Å²) in [5.74, 6) is 0.996. The Labute approximate surface area is 131 Å². The minimum Gasteiger partial charge on any atom is -0.379 e. The van der Waals surface area contributed by atoms with Gasteiger partial charge in [0.1, 0.15) is 5.76 Å². The molecule has 0 aromatic carbocycles. The SMILES string of the molecule is Cc1noc(C)c1C(C)CNC(=O)NCCN1CCOCC1. The Balaban J connectivity index is 1.65. The molecule has 0 radical (unpaired) electrons. The molecule has 1 aromatic rings. The highest BCUT2D eigenvalue weighted by Gasteiger charge is 2.17. The van der Waals surface area contributed by atoms with Crippen molar-refractivity contribution in [3.63, 3.8) is 0 Å². The molecule has 1 aliphatic heterocycles. The van der Waals surface area contributed by atoms with Gasteiger partial charge in [0.15, 0.2) is 0 Å². The predicted molar refractivity (Wildman–Crippen MR) is 83.1 cm³/mol. The van der Waals surface area contributed by atoms with Crippen molar-refractivity contribution in [2.45, 2.75) is 26.7 Å². The lowest BCUT2D eigenvalue weighted by molar-refractivity contribution is 0.0387. The summed E-state index contributed by atoms with van der Waals surface area (Å²) in [5, 5.41) is 9.74. The number of hydrogen-bond acceptors (Lipinski definition) is 5. The van der Waals surface area contributed by atoms with Crippen LogP contribution in [-0.4, -0.2) is 62.0 Å². The van der Waals surface area contributed by atoms with Gasteiger partial charge in [-0.15, -0.1) is 0 Å². The number of aryl methyl sites for hydroxylation is 2. The lowest BCUT2D eigenvalue weighted by Crippen LogP contribution is -2.44. The predicted octanol–water partition coefficient (Wildman–Crippen LogP) is 1.03. The summed E-state index contributed by atoms with van der Waals surface area (Å²) in [6.07, 6.45) is 0. The molecule has 1 atom stereocenters. The first-order valence-corrected chi connectivity index (χ1v) is 7.82. The third-order valence-electron chi connectivity index (χ3n) is 3.97. The van der Waals surface area contributed by atoms with Gasteiger partial charge in [0, 0.05) is 44.2 Å². The number of rotatable bonds is 6. The molecule has 0 saturated carbocycles. The molecule has 2 amide bonds. The topological polar surface area (TPSA) is 79.6 Å². The molecule has 2 N–H and O–H groups in total. The van der Waals surface area contributed by atoms with Gasteiger partial charge in [-0.25, -0.2) is 4.79 Å². The van der Waals surface area contributed by atoms with Crippen molar-refractivity contribution in [2.75, 3.05) is 45.9 Å². The van der Waals surface area contributed by atoms with Crippen LogP contribution < -0.4 is 10.6 Å². The number of amides is 2. The Hall–Kier alpha value is -1.60. The quantitative estimate of drug-likeness (QED) is 0.820. The van der Waals surface area contributed by atoms with Crippen LogP contribution in [0.3, 0.4) is 0 Å². The van der Waals surface area contributed by atoms with Crippen LogP contribution in [-0.2, 0) is 4.74 Å². The zero-order valence-corrected chi connectivity index (χ0v) is 13.6. The van der Waals surface area contributed by atoms with E-state index in [4.69, 9.17) is 9.26 Å². The molecule has 2 rings (SSSR count). The van der Waals surface area contributed by atoms with Crippen LogP contribution in [0.1, 0.15) is 29.9 Å². The van der Waals surface area contributed by atoms with Gasteiger partial charge >= 0.3 is 6.03 Å². The summed E-state index contributed by atoms with van der Waals surface area (Å²) >= 11 is 0. The van der Waals surface area contributed by atoms with Crippen LogP contribution in [0.25, 0.3) is 0 Å². The minimum absolute atomic E-state index is 0.133. The summed E-state index contributed by atoms with van der Waals surface area (Å²) in [4.78, 5) is 14.1. The van der Waals surface area contributed by atoms with E-state index in [0.717, 1.165) is 49.9 Å². The Kier molecular flexibility index (Phi) is 6.21. The maximum absolute atomic E-state index is 11.8. The molecule has 7 heteroatoms. The second-order valence-electron chi connectivity index (χ2n) is 5.73. The number of carbonyl (C=O) groups is 1. The molecular weight excluding hydrogens is 284 g/mol. The summed E-state index contributed by atoms with van der Waals surface area (Å²) in [6.45, 7) is 11.4.